The van der Waals surface area contributed by atoms with E-state index >= 15 is 0 Å². The van der Waals surface area contributed by atoms with Crippen molar-refractivity contribution in [2.45, 2.75) is 33.1 Å². The van der Waals surface area contributed by atoms with E-state index in [1.165, 1.54) is 6.42 Å². The molecule has 1 amide bonds. The maximum atomic E-state index is 12.6. The van der Waals surface area contributed by atoms with Crippen LogP contribution in [0.1, 0.15) is 43.5 Å². The lowest BCUT2D eigenvalue weighted by Gasteiger charge is -2.38. The normalized spacial score (nSPS) is 20.2. The summed E-state index contributed by atoms with van der Waals surface area (Å²) >= 11 is 0. The number of nitrogens with zero attached hydrogens (tertiary/aromatic N) is 1. The summed E-state index contributed by atoms with van der Waals surface area (Å²) < 4.78 is 5.68. The van der Waals surface area contributed by atoms with E-state index in [9.17, 15) is 4.79 Å². The minimum absolute atomic E-state index is 0.154. The monoisotopic (exact) mass is 316 g/mol. The Morgan fingerprint density at radius 2 is 1.91 bits per heavy atom. The number of piperidine rings is 1. The minimum atomic E-state index is 0.154. The molecule has 2 aliphatic heterocycles. The molecule has 0 bridgehead atoms. The van der Waals surface area contributed by atoms with Gasteiger partial charge < -0.3 is 15.0 Å². The lowest BCUT2D eigenvalue weighted by atomic mass is 9.78. The van der Waals surface area contributed by atoms with Gasteiger partial charge in [-0.2, -0.15) is 0 Å². The Hall–Kier alpha value is -1.55. The summed E-state index contributed by atoms with van der Waals surface area (Å²) in [6.45, 7) is 8.97. The van der Waals surface area contributed by atoms with E-state index in [4.69, 9.17) is 4.74 Å². The van der Waals surface area contributed by atoms with Crippen LogP contribution in [0.2, 0.25) is 0 Å². The molecule has 3 rings (SSSR count). The second kappa shape index (κ2) is 6.91. The van der Waals surface area contributed by atoms with Gasteiger partial charge in [-0.05, 0) is 61.4 Å². The molecule has 0 radical (unpaired) electrons. The van der Waals surface area contributed by atoms with Gasteiger partial charge in [0.15, 0.2) is 0 Å². The maximum Gasteiger partial charge on any atom is 0.253 e. The van der Waals surface area contributed by atoms with Crippen molar-refractivity contribution < 1.29 is 9.53 Å². The molecule has 0 saturated carbocycles. The number of nitrogens with one attached hydrogen (secondary N) is 1. The Morgan fingerprint density at radius 1 is 1.22 bits per heavy atom. The predicted octanol–water partition coefficient (Wildman–Crippen LogP) is 2.94. The van der Waals surface area contributed by atoms with Gasteiger partial charge in [0.1, 0.15) is 5.75 Å². The first kappa shape index (κ1) is 16.3. The first-order valence-electron chi connectivity index (χ1n) is 8.81. The largest absolute Gasteiger partial charge is 0.493 e. The average Bonchev–Trinajstić information content (AvgIpc) is 3.02. The number of benzene rings is 1. The van der Waals surface area contributed by atoms with Gasteiger partial charge >= 0.3 is 0 Å². The van der Waals surface area contributed by atoms with Crippen molar-refractivity contribution in [3.05, 3.63) is 29.8 Å². The molecule has 1 spiro atoms. The van der Waals surface area contributed by atoms with Crippen molar-refractivity contribution >= 4 is 5.91 Å². The number of ether oxygens (including phenoxy) is 1. The maximum absolute atomic E-state index is 12.6. The number of amides is 1. The van der Waals surface area contributed by atoms with Crippen LogP contribution in [0.3, 0.4) is 0 Å². The minimum Gasteiger partial charge on any atom is -0.493 e. The van der Waals surface area contributed by atoms with E-state index in [2.05, 4.69) is 19.2 Å². The highest BCUT2D eigenvalue weighted by Crippen LogP contribution is 2.37. The molecule has 2 aliphatic rings. The van der Waals surface area contributed by atoms with Crippen molar-refractivity contribution in [1.82, 2.24) is 10.2 Å². The van der Waals surface area contributed by atoms with Gasteiger partial charge in [0.2, 0.25) is 0 Å². The van der Waals surface area contributed by atoms with Crippen molar-refractivity contribution in [3.63, 3.8) is 0 Å². The second-order valence-corrected chi connectivity index (χ2v) is 7.45. The lowest BCUT2D eigenvalue weighted by Crippen LogP contribution is -2.44. The molecular formula is C19H28N2O2. The number of carbonyl (C=O) groups excluding carboxylic acids is 1. The van der Waals surface area contributed by atoms with Crippen LogP contribution in [0.25, 0.3) is 0 Å². The first-order valence-corrected chi connectivity index (χ1v) is 8.81. The number of hydrogen-bond acceptors (Lipinski definition) is 3. The van der Waals surface area contributed by atoms with Crippen LogP contribution >= 0.6 is 0 Å². The molecule has 1 aromatic rings. The average molecular weight is 316 g/mol. The summed E-state index contributed by atoms with van der Waals surface area (Å²) in [6.07, 6.45) is 3.51. The van der Waals surface area contributed by atoms with E-state index in [0.717, 1.165) is 50.3 Å². The van der Waals surface area contributed by atoms with E-state index in [1.54, 1.807) is 0 Å². The summed E-state index contributed by atoms with van der Waals surface area (Å²) in [6, 6.07) is 7.59. The van der Waals surface area contributed by atoms with Crippen molar-refractivity contribution in [2.75, 3.05) is 32.8 Å². The van der Waals surface area contributed by atoms with Gasteiger partial charge in [0.05, 0.1) is 6.61 Å². The van der Waals surface area contributed by atoms with Crippen LogP contribution in [-0.4, -0.2) is 43.6 Å². The molecule has 4 heteroatoms. The molecular weight excluding hydrogens is 288 g/mol. The molecule has 4 nitrogen and oxygen atoms in total. The molecule has 2 fully saturated rings. The van der Waals surface area contributed by atoms with Crippen LogP contribution in [0.4, 0.5) is 0 Å². The summed E-state index contributed by atoms with van der Waals surface area (Å²) in [7, 11) is 0. The molecule has 2 heterocycles. The Kier molecular flexibility index (Phi) is 4.90. The third-order valence-electron chi connectivity index (χ3n) is 5.13. The standard InChI is InChI=1S/C19H28N2O2/c1-15(2)13-23-17-5-3-16(4-6-17)18(22)21-11-8-19(9-12-21)7-10-20-14-19/h3-6,15,20H,7-14H2,1-2H3. The second-order valence-electron chi connectivity index (χ2n) is 7.45. The molecule has 23 heavy (non-hydrogen) atoms. The molecule has 0 unspecified atom stereocenters. The van der Waals surface area contributed by atoms with Crippen LogP contribution in [0.15, 0.2) is 24.3 Å². The third-order valence-corrected chi connectivity index (χ3v) is 5.13. The highest BCUT2D eigenvalue weighted by Gasteiger charge is 2.38. The Balaban J connectivity index is 1.56. The SMILES string of the molecule is CC(C)COc1ccc(C(=O)N2CCC3(CCNC3)CC2)cc1. The van der Waals surface area contributed by atoms with Crippen LogP contribution in [-0.2, 0) is 0 Å². The van der Waals surface area contributed by atoms with E-state index in [1.807, 2.05) is 29.2 Å². The topological polar surface area (TPSA) is 41.6 Å². The number of likely N-dealkylation sites (tertiary alicyclic amines) is 1. The first-order chi connectivity index (χ1) is 11.1. The van der Waals surface area contributed by atoms with Gasteiger partial charge in [0, 0.05) is 25.2 Å². The van der Waals surface area contributed by atoms with Gasteiger partial charge in [-0.3, -0.25) is 4.79 Å². The Morgan fingerprint density at radius 3 is 2.48 bits per heavy atom. The summed E-state index contributed by atoms with van der Waals surface area (Å²) in [5.41, 5.74) is 1.22. The van der Waals surface area contributed by atoms with Crippen LogP contribution in [0.5, 0.6) is 5.75 Å². The van der Waals surface area contributed by atoms with Crippen molar-refractivity contribution in [1.29, 1.82) is 0 Å². The van der Waals surface area contributed by atoms with Gasteiger partial charge in [-0.1, -0.05) is 13.8 Å². The molecule has 1 aromatic carbocycles. The van der Waals surface area contributed by atoms with Gasteiger partial charge in [0.25, 0.3) is 5.91 Å². The van der Waals surface area contributed by atoms with Crippen molar-refractivity contribution in [3.8, 4) is 5.75 Å². The highest BCUT2D eigenvalue weighted by molar-refractivity contribution is 5.94. The summed E-state index contributed by atoms with van der Waals surface area (Å²) in [5.74, 6) is 1.49. The molecule has 2 saturated heterocycles. The zero-order valence-corrected chi connectivity index (χ0v) is 14.3. The smallest absolute Gasteiger partial charge is 0.253 e. The highest BCUT2D eigenvalue weighted by atomic mass is 16.5. The fraction of sp³-hybridized carbons (Fsp3) is 0.632. The Labute approximate surface area is 139 Å². The number of carbonyl (C=O) groups is 1. The molecule has 0 aliphatic carbocycles. The Bertz CT molecular complexity index is 523. The predicted molar refractivity (Wildman–Crippen MR) is 91.8 cm³/mol. The zero-order chi connectivity index (χ0) is 16.3. The van der Waals surface area contributed by atoms with Gasteiger partial charge in [-0.15, -0.1) is 0 Å². The zero-order valence-electron chi connectivity index (χ0n) is 14.3. The summed E-state index contributed by atoms with van der Waals surface area (Å²) in [5, 5.41) is 3.47. The third kappa shape index (κ3) is 3.86. The van der Waals surface area contributed by atoms with E-state index in [-0.39, 0.29) is 5.91 Å². The van der Waals surface area contributed by atoms with E-state index in [0.29, 0.717) is 17.9 Å². The molecule has 0 aromatic heterocycles. The molecule has 0 atom stereocenters. The fourth-order valence-electron chi connectivity index (χ4n) is 3.55. The lowest BCUT2D eigenvalue weighted by molar-refractivity contribution is 0.0607. The quantitative estimate of drug-likeness (QED) is 0.928. The fourth-order valence-corrected chi connectivity index (χ4v) is 3.55. The van der Waals surface area contributed by atoms with Crippen LogP contribution < -0.4 is 10.1 Å². The summed E-state index contributed by atoms with van der Waals surface area (Å²) in [4.78, 5) is 14.7. The van der Waals surface area contributed by atoms with E-state index < -0.39 is 0 Å². The molecule has 1 N–H and O–H groups in total. The molecule has 126 valence electrons. The number of hydrogen-bond donors (Lipinski definition) is 1. The van der Waals surface area contributed by atoms with Crippen LogP contribution in [0, 0.1) is 11.3 Å². The van der Waals surface area contributed by atoms with Crippen molar-refractivity contribution in [2.24, 2.45) is 11.3 Å². The number of rotatable bonds is 4. The van der Waals surface area contributed by atoms with Gasteiger partial charge in [-0.25, -0.2) is 0 Å².